The van der Waals surface area contributed by atoms with Crippen molar-refractivity contribution in [2.45, 2.75) is 0 Å². The normalized spacial score (nSPS) is 19.1. The number of thioether (sulfide) groups is 1. The van der Waals surface area contributed by atoms with Crippen LogP contribution in [0.5, 0.6) is 0 Å². The summed E-state index contributed by atoms with van der Waals surface area (Å²) in [6, 6.07) is 0. The van der Waals surface area contributed by atoms with Crippen LogP contribution in [0.4, 0.5) is 0 Å². The molecular formula is C5H6NS. The molecule has 7 heavy (non-hydrogen) atoms. The van der Waals surface area contributed by atoms with Gasteiger partial charge in [-0.3, -0.25) is 4.99 Å². The third kappa shape index (κ3) is 1.06. The molecule has 0 saturated heterocycles. The molecule has 0 unspecified atom stereocenters. The molecular weight excluding hydrogens is 106 g/mol. The fourth-order valence-corrected chi connectivity index (χ4v) is 1.10. The van der Waals surface area contributed by atoms with Crippen LogP contribution >= 0.6 is 11.8 Å². The minimum absolute atomic E-state index is 0.947. The maximum Gasteiger partial charge on any atom is 0.0978 e. The number of rotatable bonds is 1. The third-order valence-electron chi connectivity index (χ3n) is 0.737. The van der Waals surface area contributed by atoms with Crippen LogP contribution in [0.1, 0.15) is 0 Å². The van der Waals surface area contributed by atoms with Gasteiger partial charge in [-0.15, -0.1) is 11.8 Å². The summed E-state index contributed by atoms with van der Waals surface area (Å²) in [6.45, 7) is 4.41. The van der Waals surface area contributed by atoms with Gasteiger partial charge in [0.15, 0.2) is 0 Å². The summed E-state index contributed by atoms with van der Waals surface area (Å²) in [4.78, 5) is 4.06. The molecule has 0 spiro atoms. The van der Waals surface area contributed by atoms with Crippen molar-refractivity contribution in [1.82, 2.24) is 0 Å². The van der Waals surface area contributed by atoms with Crippen LogP contribution < -0.4 is 0 Å². The van der Waals surface area contributed by atoms with Gasteiger partial charge in [0, 0.05) is 18.4 Å². The van der Waals surface area contributed by atoms with Crippen molar-refractivity contribution in [3.63, 3.8) is 0 Å². The lowest BCUT2D eigenvalue weighted by Gasteiger charge is -1.79. The van der Waals surface area contributed by atoms with E-state index in [1.807, 2.05) is 0 Å². The summed E-state index contributed by atoms with van der Waals surface area (Å²) in [5, 5.41) is 0.972. The summed E-state index contributed by atoms with van der Waals surface area (Å²) in [5.41, 5.74) is 0. The number of hydrogen-bond donors (Lipinski definition) is 0. The van der Waals surface area contributed by atoms with E-state index in [9.17, 15) is 0 Å². The SMILES string of the molecule is C=[C]C1=NCCS1. The average molecular weight is 112 g/mol. The zero-order chi connectivity index (χ0) is 5.11. The Labute approximate surface area is 47.5 Å². The Morgan fingerprint density at radius 1 is 1.86 bits per heavy atom. The van der Waals surface area contributed by atoms with Gasteiger partial charge in [-0.05, 0) is 0 Å². The Kier molecular flexibility index (Phi) is 1.52. The van der Waals surface area contributed by atoms with Gasteiger partial charge >= 0.3 is 0 Å². The zero-order valence-corrected chi connectivity index (χ0v) is 4.79. The maximum absolute atomic E-state index is 4.06. The van der Waals surface area contributed by atoms with Crippen molar-refractivity contribution in [3.8, 4) is 0 Å². The van der Waals surface area contributed by atoms with Crippen LogP contribution in [0.2, 0.25) is 0 Å². The zero-order valence-electron chi connectivity index (χ0n) is 3.98. The van der Waals surface area contributed by atoms with E-state index >= 15 is 0 Å². The van der Waals surface area contributed by atoms with E-state index in [2.05, 4.69) is 17.6 Å². The van der Waals surface area contributed by atoms with Crippen LogP contribution in [0.15, 0.2) is 11.6 Å². The first-order chi connectivity index (χ1) is 3.43. The number of hydrogen-bond acceptors (Lipinski definition) is 2. The molecule has 37 valence electrons. The summed E-state index contributed by atoms with van der Waals surface area (Å²) in [7, 11) is 0. The Morgan fingerprint density at radius 3 is 3.00 bits per heavy atom. The molecule has 1 aliphatic heterocycles. The van der Waals surface area contributed by atoms with Gasteiger partial charge in [-0.25, -0.2) is 0 Å². The van der Waals surface area contributed by atoms with Crippen molar-refractivity contribution in [1.29, 1.82) is 0 Å². The summed E-state index contributed by atoms with van der Waals surface area (Å²) >= 11 is 1.72. The second kappa shape index (κ2) is 2.17. The molecule has 0 aromatic heterocycles. The van der Waals surface area contributed by atoms with Crippen LogP contribution in [-0.2, 0) is 0 Å². The van der Waals surface area contributed by atoms with E-state index in [1.165, 1.54) is 0 Å². The minimum atomic E-state index is 0.947. The standard InChI is InChI=1S/C5H6NS/c1-2-5-6-3-4-7-5/h1,3-4H2. The lowest BCUT2D eigenvalue weighted by atomic mass is 10.7. The fraction of sp³-hybridized carbons (Fsp3) is 0.400. The van der Waals surface area contributed by atoms with E-state index in [4.69, 9.17) is 0 Å². The molecule has 0 N–H and O–H groups in total. The number of nitrogens with zero attached hydrogens (tertiary/aromatic N) is 1. The molecule has 0 bridgehead atoms. The minimum Gasteiger partial charge on any atom is -0.277 e. The monoisotopic (exact) mass is 112 g/mol. The predicted molar refractivity (Wildman–Crippen MR) is 33.6 cm³/mol. The predicted octanol–water partition coefficient (Wildman–Crippen LogP) is 1.12. The molecule has 0 amide bonds. The van der Waals surface area contributed by atoms with E-state index in [-0.39, 0.29) is 0 Å². The quantitative estimate of drug-likeness (QED) is 0.495. The van der Waals surface area contributed by atoms with Crippen molar-refractivity contribution in [3.05, 3.63) is 12.7 Å². The highest BCUT2D eigenvalue weighted by atomic mass is 32.2. The highest BCUT2D eigenvalue weighted by Crippen LogP contribution is 2.10. The molecule has 0 fully saturated rings. The van der Waals surface area contributed by atoms with Gasteiger partial charge in [0.25, 0.3) is 0 Å². The molecule has 0 aromatic rings. The largest absolute Gasteiger partial charge is 0.277 e. The van der Waals surface area contributed by atoms with Gasteiger partial charge in [-0.2, -0.15) is 0 Å². The fourth-order valence-electron chi connectivity index (χ4n) is 0.442. The van der Waals surface area contributed by atoms with Gasteiger partial charge in [0.2, 0.25) is 0 Å². The molecule has 0 aliphatic carbocycles. The Balaban J connectivity index is 2.51. The van der Waals surface area contributed by atoms with E-state index in [1.54, 1.807) is 11.8 Å². The molecule has 0 aromatic carbocycles. The lowest BCUT2D eigenvalue weighted by Crippen LogP contribution is -1.75. The van der Waals surface area contributed by atoms with Crippen LogP contribution in [0, 0.1) is 6.08 Å². The van der Waals surface area contributed by atoms with Crippen LogP contribution in [-0.4, -0.2) is 17.3 Å². The maximum atomic E-state index is 4.06. The number of aliphatic imine (C=N–C) groups is 1. The summed E-state index contributed by atoms with van der Waals surface area (Å²) in [5.74, 6) is 1.11. The second-order valence-corrected chi connectivity index (χ2v) is 2.30. The smallest absolute Gasteiger partial charge is 0.0978 e. The van der Waals surface area contributed by atoms with E-state index in [0.29, 0.717) is 0 Å². The second-order valence-electron chi connectivity index (χ2n) is 1.21. The Morgan fingerprint density at radius 2 is 2.71 bits per heavy atom. The van der Waals surface area contributed by atoms with Gasteiger partial charge in [0.05, 0.1) is 5.04 Å². The van der Waals surface area contributed by atoms with Crippen molar-refractivity contribution in [2.24, 2.45) is 4.99 Å². The molecule has 1 nitrogen and oxygen atoms in total. The van der Waals surface area contributed by atoms with Gasteiger partial charge in [0.1, 0.15) is 0 Å². The molecule has 0 atom stereocenters. The third-order valence-corrected chi connectivity index (χ3v) is 1.67. The topological polar surface area (TPSA) is 12.4 Å². The molecule has 1 aliphatic rings. The van der Waals surface area contributed by atoms with Crippen LogP contribution in [0.3, 0.4) is 0 Å². The van der Waals surface area contributed by atoms with Gasteiger partial charge in [-0.1, -0.05) is 6.58 Å². The van der Waals surface area contributed by atoms with E-state index in [0.717, 1.165) is 17.3 Å². The highest BCUT2D eigenvalue weighted by Gasteiger charge is 2.00. The van der Waals surface area contributed by atoms with Crippen molar-refractivity contribution in [2.75, 3.05) is 12.3 Å². The average Bonchev–Trinajstić information content (AvgIpc) is 2.14. The summed E-state index contributed by atoms with van der Waals surface area (Å²) in [6.07, 6.45) is 2.73. The van der Waals surface area contributed by atoms with Crippen molar-refractivity contribution >= 4 is 16.8 Å². The van der Waals surface area contributed by atoms with Gasteiger partial charge < -0.3 is 0 Å². The Hall–Kier alpha value is -0.240. The lowest BCUT2D eigenvalue weighted by molar-refractivity contribution is 1.18. The van der Waals surface area contributed by atoms with Crippen LogP contribution in [0.25, 0.3) is 0 Å². The molecule has 2 heteroatoms. The molecule has 0 saturated carbocycles. The molecule has 1 rings (SSSR count). The first kappa shape index (κ1) is 4.91. The highest BCUT2D eigenvalue weighted by molar-refractivity contribution is 8.14. The molecule has 1 heterocycles. The van der Waals surface area contributed by atoms with E-state index < -0.39 is 0 Å². The molecule has 1 radical (unpaired) electrons. The first-order valence-corrected chi connectivity index (χ1v) is 3.12. The summed E-state index contributed by atoms with van der Waals surface area (Å²) < 4.78 is 0. The van der Waals surface area contributed by atoms with Crippen molar-refractivity contribution < 1.29 is 0 Å². The Bertz CT molecular complexity index is 107. The first-order valence-electron chi connectivity index (χ1n) is 2.14.